The molecule has 0 amide bonds. The molecule has 0 aliphatic carbocycles. The molecule has 0 unspecified atom stereocenters. The van der Waals surface area contributed by atoms with Gasteiger partial charge in [-0.25, -0.2) is 12.8 Å². The molecule has 0 aliphatic heterocycles. The van der Waals surface area contributed by atoms with Crippen molar-refractivity contribution in [3.05, 3.63) is 94.5 Å². The summed E-state index contributed by atoms with van der Waals surface area (Å²) in [7, 11) is -3.93. The molecular weight excluding hydrogens is 431 g/mol. The SMILES string of the molecule is CCN([C@H](c1ccc(Br)cc1)c1cccnc1)S(=O)(=O)c1cccc(F)c1. The molecule has 0 saturated carbocycles. The Hall–Kier alpha value is -2.09. The minimum absolute atomic E-state index is 0.0737. The van der Waals surface area contributed by atoms with Gasteiger partial charge in [0, 0.05) is 23.4 Å². The summed E-state index contributed by atoms with van der Waals surface area (Å²) in [5, 5.41) is 0. The van der Waals surface area contributed by atoms with E-state index in [1.807, 2.05) is 30.3 Å². The van der Waals surface area contributed by atoms with Crippen LogP contribution in [0, 0.1) is 5.82 Å². The van der Waals surface area contributed by atoms with Gasteiger partial charge in [-0.2, -0.15) is 4.31 Å². The van der Waals surface area contributed by atoms with Crippen LogP contribution in [0.15, 0.2) is 82.4 Å². The van der Waals surface area contributed by atoms with Crippen molar-refractivity contribution in [2.75, 3.05) is 6.54 Å². The van der Waals surface area contributed by atoms with E-state index in [1.54, 1.807) is 25.4 Å². The molecule has 0 fully saturated rings. The van der Waals surface area contributed by atoms with Gasteiger partial charge < -0.3 is 0 Å². The number of benzene rings is 2. The maximum atomic E-state index is 13.7. The Labute approximate surface area is 166 Å². The first kappa shape index (κ1) is 19.7. The molecule has 0 radical (unpaired) electrons. The normalized spacial score (nSPS) is 12.9. The molecule has 1 aromatic heterocycles. The highest BCUT2D eigenvalue weighted by Crippen LogP contribution is 2.33. The average molecular weight is 449 g/mol. The van der Waals surface area contributed by atoms with Gasteiger partial charge in [0.1, 0.15) is 5.82 Å². The van der Waals surface area contributed by atoms with E-state index in [-0.39, 0.29) is 11.4 Å². The van der Waals surface area contributed by atoms with E-state index < -0.39 is 21.9 Å². The van der Waals surface area contributed by atoms with Gasteiger partial charge >= 0.3 is 0 Å². The quantitative estimate of drug-likeness (QED) is 0.544. The van der Waals surface area contributed by atoms with Crippen molar-refractivity contribution >= 4 is 26.0 Å². The van der Waals surface area contributed by atoms with E-state index in [9.17, 15) is 12.8 Å². The third-order valence-electron chi connectivity index (χ3n) is 4.19. The Kier molecular flexibility index (Phi) is 6.04. The monoisotopic (exact) mass is 448 g/mol. The number of aromatic nitrogens is 1. The first-order valence-electron chi connectivity index (χ1n) is 8.36. The van der Waals surface area contributed by atoms with Crippen molar-refractivity contribution in [3.63, 3.8) is 0 Å². The summed E-state index contributed by atoms with van der Waals surface area (Å²) >= 11 is 3.40. The third kappa shape index (κ3) is 4.26. The molecule has 3 aromatic rings. The molecule has 0 aliphatic rings. The molecule has 2 aromatic carbocycles. The van der Waals surface area contributed by atoms with Crippen LogP contribution in [0.3, 0.4) is 0 Å². The molecule has 0 saturated heterocycles. The van der Waals surface area contributed by atoms with E-state index >= 15 is 0 Å². The van der Waals surface area contributed by atoms with E-state index in [0.717, 1.165) is 21.7 Å². The van der Waals surface area contributed by atoms with Crippen molar-refractivity contribution < 1.29 is 12.8 Å². The van der Waals surface area contributed by atoms with Gasteiger partial charge in [0.25, 0.3) is 0 Å². The summed E-state index contributed by atoms with van der Waals surface area (Å²) in [6.07, 6.45) is 3.29. The van der Waals surface area contributed by atoms with Gasteiger partial charge in [-0.3, -0.25) is 4.98 Å². The highest BCUT2D eigenvalue weighted by molar-refractivity contribution is 9.10. The van der Waals surface area contributed by atoms with E-state index in [0.29, 0.717) is 0 Å². The topological polar surface area (TPSA) is 50.3 Å². The minimum Gasteiger partial charge on any atom is -0.264 e. The number of sulfonamides is 1. The lowest BCUT2D eigenvalue weighted by molar-refractivity contribution is 0.374. The van der Waals surface area contributed by atoms with E-state index in [1.165, 1.54) is 22.5 Å². The third-order valence-corrected chi connectivity index (χ3v) is 6.65. The molecule has 1 atom stereocenters. The molecule has 0 N–H and O–H groups in total. The molecule has 27 heavy (non-hydrogen) atoms. The first-order chi connectivity index (χ1) is 12.9. The number of hydrogen-bond donors (Lipinski definition) is 0. The number of halogens is 2. The number of hydrogen-bond acceptors (Lipinski definition) is 3. The van der Waals surface area contributed by atoms with Crippen LogP contribution in [0.25, 0.3) is 0 Å². The smallest absolute Gasteiger partial charge is 0.244 e. The maximum Gasteiger partial charge on any atom is 0.244 e. The second-order valence-corrected chi connectivity index (χ2v) is 8.71. The van der Waals surface area contributed by atoms with Crippen LogP contribution in [0.5, 0.6) is 0 Å². The molecule has 0 bridgehead atoms. The lowest BCUT2D eigenvalue weighted by Crippen LogP contribution is -2.35. The summed E-state index contributed by atoms with van der Waals surface area (Å²) in [5.41, 5.74) is 1.54. The van der Waals surface area contributed by atoms with E-state index in [2.05, 4.69) is 20.9 Å². The van der Waals surface area contributed by atoms with E-state index in [4.69, 9.17) is 0 Å². The fourth-order valence-corrected chi connectivity index (χ4v) is 4.87. The van der Waals surface area contributed by atoms with Gasteiger partial charge in [0.05, 0.1) is 10.9 Å². The second kappa shape index (κ2) is 8.29. The van der Waals surface area contributed by atoms with Crippen molar-refractivity contribution in [2.45, 2.75) is 17.9 Å². The Balaban J connectivity index is 2.15. The Bertz CT molecular complexity index is 1010. The van der Waals surface area contributed by atoms with Gasteiger partial charge in [0.2, 0.25) is 10.0 Å². The largest absolute Gasteiger partial charge is 0.264 e. The van der Waals surface area contributed by atoms with Crippen LogP contribution in [0.4, 0.5) is 4.39 Å². The molecule has 140 valence electrons. The number of rotatable bonds is 6. The summed E-state index contributed by atoms with van der Waals surface area (Å²) < 4.78 is 42.5. The zero-order chi connectivity index (χ0) is 19.4. The van der Waals surface area contributed by atoms with Crippen LogP contribution in [-0.4, -0.2) is 24.3 Å². The molecule has 7 heteroatoms. The highest BCUT2D eigenvalue weighted by atomic mass is 79.9. The molecule has 3 rings (SSSR count). The molecule has 1 heterocycles. The van der Waals surface area contributed by atoms with Crippen LogP contribution in [-0.2, 0) is 10.0 Å². The highest BCUT2D eigenvalue weighted by Gasteiger charge is 2.32. The summed E-state index contributed by atoms with van der Waals surface area (Å²) in [5.74, 6) is -0.589. The fourth-order valence-electron chi connectivity index (χ4n) is 2.96. The first-order valence-corrected chi connectivity index (χ1v) is 10.6. The maximum absolute atomic E-state index is 13.7. The number of pyridine rings is 1. The molecule has 4 nitrogen and oxygen atoms in total. The zero-order valence-corrected chi connectivity index (χ0v) is 17.0. The lowest BCUT2D eigenvalue weighted by atomic mass is 10.0. The fraction of sp³-hybridized carbons (Fsp3) is 0.150. The summed E-state index contributed by atoms with van der Waals surface area (Å²) in [6, 6.07) is 15.6. The number of nitrogens with zero attached hydrogens (tertiary/aromatic N) is 2. The van der Waals surface area contributed by atoms with Gasteiger partial charge in [-0.15, -0.1) is 0 Å². The summed E-state index contributed by atoms with van der Waals surface area (Å²) in [6.45, 7) is 1.98. The standard InChI is InChI=1S/C20H18BrFN2O2S/c1-2-24(27(25,26)19-7-3-6-18(22)13-19)20(16-5-4-12-23-14-16)15-8-10-17(21)11-9-15/h3-14,20H,2H2,1H3/t20-/m1/s1. The van der Waals surface area contributed by atoms with Crippen molar-refractivity contribution in [1.82, 2.24) is 9.29 Å². The Morgan fingerprint density at radius 1 is 1.07 bits per heavy atom. The average Bonchev–Trinajstić information content (AvgIpc) is 2.67. The Morgan fingerprint density at radius 2 is 1.81 bits per heavy atom. The predicted molar refractivity (Wildman–Crippen MR) is 106 cm³/mol. The van der Waals surface area contributed by atoms with Crippen LogP contribution >= 0.6 is 15.9 Å². The van der Waals surface area contributed by atoms with Crippen molar-refractivity contribution in [2.24, 2.45) is 0 Å². The van der Waals surface area contributed by atoms with Gasteiger partial charge in [-0.05, 0) is 47.5 Å². The van der Waals surface area contributed by atoms with Crippen LogP contribution in [0.1, 0.15) is 24.1 Å². The van der Waals surface area contributed by atoms with Crippen molar-refractivity contribution in [3.8, 4) is 0 Å². The second-order valence-electron chi connectivity index (χ2n) is 5.91. The van der Waals surface area contributed by atoms with Crippen LogP contribution < -0.4 is 0 Å². The lowest BCUT2D eigenvalue weighted by Gasteiger charge is -2.30. The zero-order valence-electron chi connectivity index (χ0n) is 14.6. The van der Waals surface area contributed by atoms with Gasteiger partial charge in [-0.1, -0.05) is 47.1 Å². The molecular formula is C20H18BrFN2O2S. The van der Waals surface area contributed by atoms with Crippen molar-refractivity contribution in [1.29, 1.82) is 0 Å². The predicted octanol–water partition coefficient (Wildman–Crippen LogP) is 4.78. The Morgan fingerprint density at radius 3 is 2.41 bits per heavy atom. The molecule has 0 spiro atoms. The van der Waals surface area contributed by atoms with Crippen LogP contribution in [0.2, 0.25) is 0 Å². The van der Waals surface area contributed by atoms with Gasteiger partial charge in [0.15, 0.2) is 0 Å². The minimum atomic E-state index is -3.93. The summed E-state index contributed by atoms with van der Waals surface area (Å²) in [4.78, 5) is 4.07.